The van der Waals surface area contributed by atoms with Gasteiger partial charge in [-0.3, -0.25) is 0 Å². The molecule has 0 spiro atoms. The van der Waals surface area contributed by atoms with Gasteiger partial charge in [-0.2, -0.15) is 4.98 Å². The molecule has 7 heteroatoms. The fraction of sp³-hybridized carbons (Fsp3) is 0.519. The molecule has 2 aromatic heterocycles. The molecular formula is C27H35N3O3S. The van der Waals surface area contributed by atoms with Crippen molar-refractivity contribution in [3.63, 3.8) is 0 Å². The third-order valence-corrected chi connectivity index (χ3v) is 6.69. The Morgan fingerprint density at radius 3 is 2.35 bits per heavy atom. The maximum absolute atomic E-state index is 12.6. The first-order valence-electron chi connectivity index (χ1n) is 11.9. The third-order valence-electron chi connectivity index (χ3n) is 5.66. The zero-order valence-corrected chi connectivity index (χ0v) is 22.3. The predicted octanol–water partition coefficient (Wildman–Crippen LogP) is 5.54. The first-order valence-corrected chi connectivity index (χ1v) is 12.7. The Bertz CT molecular complexity index is 1210. The first-order chi connectivity index (χ1) is 15.8. The lowest BCUT2D eigenvalue weighted by atomic mass is 9.82. The molecule has 1 N–H and O–H groups in total. The molecule has 1 unspecified atom stereocenters. The summed E-state index contributed by atoms with van der Waals surface area (Å²) in [6.45, 7) is 15.8. The van der Waals surface area contributed by atoms with Gasteiger partial charge in [-0.25, -0.2) is 9.97 Å². The number of nitrogens with zero attached hydrogens (tertiary/aromatic N) is 3. The van der Waals surface area contributed by atoms with Gasteiger partial charge in [-0.05, 0) is 84.4 Å². The molecule has 0 saturated carbocycles. The number of aliphatic hydroxyl groups is 1. The lowest BCUT2D eigenvalue weighted by Crippen LogP contribution is -2.34. The second-order valence-electron chi connectivity index (χ2n) is 10.9. The van der Waals surface area contributed by atoms with Crippen LogP contribution >= 0.6 is 11.3 Å². The van der Waals surface area contributed by atoms with Crippen LogP contribution in [0, 0.1) is 6.92 Å². The molecule has 0 saturated heterocycles. The summed E-state index contributed by atoms with van der Waals surface area (Å²) >= 11 is 1.63. The largest absolute Gasteiger partial charge is 0.471 e. The molecule has 1 aliphatic rings. The van der Waals surface area contributed by atoms with Gasteiger partial charge in [-0.1, -0.05) is 25.1 Å². The Balaban J connectivity index is 2.00. The minimum atomic E-state index is -1.54. The van der Waals surface area contributed by atoms with E-state index >= 15 is 0 Å². The minimum Gasteiger partial charge on any atom is -0.471 e. The van der Waals surface area contributed by atoms with Crippen molar-refractivity contribution < 1.29 is 14.6 Å². The fourth-order valence-electron chi connectivity index (χ4n) is 4.29. The zero-order chi connectivity index (χ0) is 24.9. The van der Waals surface area contributed by atoms with Crippen LogP contribution in [0.4, 0.5) is 0 Å². The monoisotopic (exact) mass is 481 g/mol. The Morgan fingerprint density at radius 1 is 1.00 bits per heavy atom. The van der Waals surface area contributed by atoms with Gasteiger partial charge in [-0.15, -0.1) is 11.3 Å². The van der Waals surface area contributed by atoms with E-state index in [4.69, 9.17) is 14.5 Å². The van der Waals surface area contributed by atoms with E-state index in [0.29, 0.717) is 17.1 Å². The molecule has 0 amide bonds. The van der Waals surface area contributed by atoms with E-state index in [1.165, 1.54) is 5.56 Å². The number of hydrogen-bond donors (Lipinski definition) is 1. The first kappa shape index (κ1) is 24.6. The summed E-state index contributed by atoms with van der Waals surface area (Å²) in [6.07, 6.45) is 4.23. The van der Waals surface area contributed by atoms with E-state index in [2.05, 4.69) is 29.0 Å². The van der Waals surface area contributed by atoms with Gasteiger partial charge in [0.2, 0.25) is 5.88 Å². The quantitative estimate of drug-likeness (QED) is 0.527. The SMILES string of the molecule is CCc1ccc2c(c1)CCc1sc(C)nc1C2(O)c1cnc(OC(C)(C)C)nc1OC(C)(C)C. The van der Waals surface area contributed by atoms with Gasteiger partial charge in [0.05, 0.1) is 16.3 Å². The summed E-state index contributed by atoms with van der Waals surface area (Å²) in [5, 5.41) is 13.6. The number of aromatic nitrogens is 3. The van der Waals surface area contributed by atoms with Crippen LogP contribution in [0.25, 0.3) is 0 Å². The highest BCUT2D eigenvalue weighted by atomic mass is 32.1. The molecule has 0 fully saturated rings. The highest BCUT2D eigenvalue weighted by Gasteiger charge is 2.45. The van der Waals surface area contributed by atoms with Crippen molar-refractivity contribution in [1.29, 1.82) is 0 Å². The molecule has 1 atom stereocenters. The number of rotatable bonds is 4. The van der Waals surface area contributed by atoms with Crippen molar-refractivity contribution in [3.8, 4) is 11.9 Å². The van der Waals surface area contributed by atoms with Gasteiger partial charge < -0.3 is 14.6 Å². The van der Waals surface area contributed by atoms with Crippen LogP contribution in [0.1, 0.15) is 86.3 Å². The molecular weight excluding hydrogens is 446 g/mol. The third kappa shape index (κ3) is 4.82. The maximum Gasteiger partial charge on any atom is 0.320 e. The van der Waals surface area contributed by atoms with E-state index in [-0.39, 0.29) is 6.01 Å². The van der Waals surface area contributed by atoms with Gasteiger partial charge in [0, 0.05) is 11.1 Å². The molecule has 0 aliphatic heterocycles. The highest BCUT2D eigenvalue weighted by Crippen LogP contribution is 2.47. The molecule has 34 heavy (non-hydrogen) atoms. The molecule has 0 radical (unpaired) electrons. The van der Waals surface area contributed by atoms with Crippen LogP contribution < -0.4 is 9.47 Å². The summed E-state index contributed by atoms with van der Waals surface area (Å²) < 4.78 is 12.2. The molecule has 0 bridgehead atoms. The van der Waals surface area contributed by atoms with Crippen molar-refractivity contribution >= 4 is 11.3 Å². The lowest BCUT2D eigenvalue weighted by molar-refractivity contribution is 0.0834. The molecule has 3 aromatic rings. The van der Waals surface area contributed by atoms with Crippen LogP contribution in [0.2, 0.25) is 0 Å². The fourth-order valence-corrected chi connectivity index (χ4v) is 5.27. The highest BCUT2D eigenvalue weighted by molar-refractivity contribution is 7.11. The van der Waals surface area contributed by atoms with Crippen molar-refractivity contribution in [1.82, 2.24) is 15.0 Å². The maximum atomic E-state index is 12.6. The molecule has 1 aliphatic carbocycles. The van der Waals surface area contributed by atoms with Crippen LogP contribution in [0.15, 0.2) is 24.4 Å². The minimum absolute atomic E-state index is 0.212. The Labute approximate surface area is 206 Å². The second-order valence-corrected chi connectivity index (χ2v) is 12.1. The zero-order valence-electron chi connectivity index (χ0n) is 21.4. The van der Waals surface area contributed by atoms with E-state index in [1.54, 1.807) is 17.5 Å². The van der Waals surface area contributed by atoms with Crippen molar-refractivity contribution in [2.75, 3.05) is 0 Å². The summed E-state index contributed by atoms with van der Waals surface area (Å²) in [4.78, 5) is 15.0. The van der Waals surface area contributed by atoms with Crippen LogP contribution in [-0.4, -0.2) is 31.3 Å². The van der Waals surface area contributed by atoms with E-state index in [9.17, 15) is 5.11 Å². The van der Waals surface area contributed by atoms with E-state index in [1.807, 2.05) is 54.5 Å². The van der Waals surface area contributed by atoms with Gasteiger partial charge in [0.15, 0.2) is 5.60 Å². The summed E-state index contributed by atoms with van der Waals surface area (Å²) in [6, 6.07) is 6.52. The smallest absolute Gasteiger partial charge is 0.320 e. The lowest BCUT2D eigenvalue weighted by Gasteiger charge is -2.32. The van der Waals surface area contributed by atoms with Gasteiger partial charge in [0.1, 0.15) is 11.2 Å². The Hall–Kier alpha value is -2.51. The average molecular weight is 482 g/mol. The standard InChI is InChI=1S/C27H35N3O3S/c1-9-17-10-12-19-18(14-17)11-13-21-22(29-16(2)34-21)27(19,31)20-15-28-24(33-26(6,7)8)30-23(20)32-25(3,4)5/h10,12,14-15,31H,9,11,13H2,1-8H3. The number of thiazole rings is 1. The number of hydrogen-bond acceptors (Lipinski definition) is 7. The Kier molecular flexibility index (Phi) is 6.23. The summed E-state index contributed by atoms with van der Waals surface area (Å²) in [5.41, 5.74) is 1.72. The van der Waals surface area contributed by atoms with Crippen molar-refractivity contribution in [2.24, 2.45) is 0 Å². The van der Waals surface area contributed by atoms with Gasteiger partial charge in [0.25, 0.3) is 0 Å². The van der Waals surface area contributed by atoms with Crippen LogP contribution in [0.5, 0.6) is 11.9 Å². The Morgan fingerprint density at radius 2 is 1.71 bits per heavy atom. The number of aryl methyl sites for hydroxylation is 4. The summed E-state index contributed by atoms with van der Waals surface area (Å²) in [5.74, 6) is 0.299. The topological polar surface area (TPSA) is 77.4 Å². The van der Waals surface area contributed by atoms with E-state index < -0.39 is 16.8 Å². The number of fused-ring (bicyclic) bond motifs is 2. The van der Waals surface area contributed by atoms with Crippen molar-refractivity contribution in [3.05, 3.63) is 62.2 Å². The number of benzene rings is 1. The molecule has 2 heterocycles. The summed E-state index contributed by atoms with van der Waals surface area (Å²) in [7, 11) is 0. The molecule has 4 rings (SSSR count). The second kappa shape index (κ2) is 8.61. The van der Waals surface area contributed by atoms with Crippen molar-refractivity contribution in [2.45, 2.75) is 91.5 Å². The normalized spacial score (nSPS) is 18.1. The molecule has 6 nitrogen and oxygen atoms in total. The average Bonchev–Trinajstić information content (AvgIpc) is 3.05. The van der Waals surface area contributed by atoms with E-state index in [0.717, 1.165) is 40.3 Å². The predicted molar refractivity (Wildman–Crippen MR) is 135 cm³/mol. The van der Waals surface area contributed by atoms with Gasteiger partial charge >= 0.3 is 6.01 Å². The molecule has 1 aromatic carbocycles. The van der Waals surface area contributed by atoms with Crippen LogP contribution in [0.3, 0.4) is 0 Å². The molecule has 182 valence electrons. The number of ether oxygens (including phenoxy) is 2. The van der Waals surface area contributed by atoms with Crippen LogP contribution in [-0.2, 0) is 24.9 Å².